The third-order valence-corrected chi connectivity index (χ3v) is 5.64. The van der Waals surface area contributed by atoms with Gasteiger partial charge in [0.1, 0.15) is 23.7 Å². The van der Waals surface area contributed by atoms with Crippen LogP contribution in [0.2, 0.25) is 0 Å². The number of rotatable bonds is 4. The first-order valence-electron chi connectivity index (χ1n) is 9.09. The normalized spacial score (nSPS) is 19.8. The van der Waals surface area contributed by atoms with Crippen molar-refractivity contribution in [3.05, 3.63) is 53.0 Å². The van der Waals surface area contributed by atoms with Gasteiger partial charge in [-0.1, -0.05) is 25.9 Å². The van der Waals surface area contributed by atoms with Crippen LogP contribution in [0.1, 0.15) is 32.4 Å². The quantitative estimate of drug-likeness (QED) is 0.482. The number of pyridine rings is 1. The second-order valence-electron chi connectivity index (χ2n) is 7.92. The summed E-state index contributed by atoms with van der Waals surface area (Å²) in [5.74, 6) is -2.41. The summed E-state index contributed by atoms with van der Waals surface area (Å²) < 4.78 is 4.85. The van der Waals surface area contributed by atoms with Gasteiger partial charge in [0.2, 0.25) is 5.78 Å². The Hall–Kier alpha value is -3.13. The molecule has 1 aliphatic heterocycles. The van der Waals surface area contributed by atoms with Crippen molar-refractivity contribution in [1.82, 2.24) is 10.1 Å². The Bertz CT molecular complexity index is 1050. The van der Waals surface area contributed by atoms with E-state index in [1.165, 1.54) is 22.5 Å². The Balaban J connectivity index is 1.78. The Labute approximate surface area is 171 Å². The topological polar surface area (TPSA) is 93.4 Å². The van der Waals surface area contributed by atoms with Gasteiger partial charge in [0.25, 0.3) is 5.91 Å². The zero-order valence-corrected chi connectivity index (χ0v) is 17.0. The lowest BCUT2D eigenvalue weighted by molar-refractivity contribution is -0.141. The molecule has 0 spiro atoms. The second kappa shape index (κ2) is 7.04. The van der Waals surface area contributed by atoms with Crippen LogP contribution in [0, 0.1) is 11.3 Å². The fourth-order valence-electron chi connectivity index (χ4n) is 3.47. The number of nitrogens with zero attached hydrogens (tertiary/aromatic N) is 3. The second-order valence-corrected chi connectivity index (χ2v) is 8.70. The number of carbonyl (C=O) groups excluding carboxylic acids is 3. The van der Waals surface area contributed by atoms with Crippen LogP contribution in [-0.2, 0) is 14.4 Å². The molecule has 1 amide bonds. The number of aromatic nitrogens is 2. The summed E-state index contributed by atoms with van der Waals surface area (Å²) in [5, 5.41) is 7.58. The number of hydrogen-bond acceptors (Lipinski definition) is 7. The van der Waals surface area contributed by atoms with Crippen LogP contribution < -0.4 is 4.90 Å². The molecular formula is C21H19N3O4S. The molecule has 8 heteroatoms. The summed E-state index contributed by atoms with van der Waals surface area (Å²) in [4.78, 5) is 44.6. The predicted octanol–water partition coefficient (Wildman–Crippen LogP) is 3.69. The molecule has 1 saturated heterocycles. The van der Waals surface area contributed by atoms with E-state index < -0.39 is 29.1 Å². The molecule has 0 bridgehead atoms. The largest absolute Gasteiger partial charge is 0.364 e. The van der Waals surface area contributed by atoms with E-state index in [9.17, 15) is 14.4 Å². The summed E-state index contributed by atoms with van der Waals surface area (Å²) >= 11 is 1.45. The summed E-state index contributed by atoms with van der Waals surface area (Å²) in [5.41, 5.74) is 1.33. The molecule has 2 unspecified atom stereocenters. The molecule has 0 saturated carbocycles. The fourth-order valence-corrected chi connectivity index (χ4v) is 4.16. The monoisotopic (exact) mass is 409 g/mol. The molecule has 1 aliphatic rings. The van der Waals surface area contributed by atoms with Gasteiger partial charge < -0.3 is 4.52 Å². The van der Waals surface area contributed by atoms with Crippen molar-refractivity contribution in [2.45, 2.75) is 26.8 Å². The molecule has 4 rings (SSSR count). The standard InChI is InChI=1S/C21H19N3O4S/c1-21(2,3)19(26)16-17(13-7-9-29-11-13)24(20(27)18(16)25)15-5-4-12(10-22-15)14-6-8-28-23-14/h4-11,16-17H,1-3H3. The first-order valence-corrected chi connectivity index (χ1v) is 10.0. The zero-order valence-electron chi connectivity index (χ0n) is 16.2. The van der Waals surface area contributed by atoms with Crippen LogP contribution >= 0.6 is 11.3 Å². The van der Waals surface area contributed by atoms with Gasteiger partial charge in [-0.2, -0.15) is 11.3 Å². The van der Waals surface area contributed by atoms with Crippen LogP contribution in [0.3, 0.4) is 0 Å². The van der Waals surface area contributed by atoms with Crippen LogP contribution in [0.25, 0.3) is 11.3 Å². The van der Waals surface area contributed by atoms with Crippen LogP contribution in [-0.4, -0.2) is 27.6 Å². The van der Waals surface area contributed by atoms with E-state index in [0.29, 0.717) is 11.5 Å². The molecule has 7 nitrogen and oxygen atoms in total. The highest BCUT2D eigenvalue weighted by atomic mass is 32.1. The average molecular weight is 409 g/mol. The number of thiophene rings is 1. The van der Waals surface area contributed by atoms with E-state index in [1.807, 2.05) is 16.8 Å². The number of ketones is 2. The van der Waals surface area contributed by atoms with Gasteiger partial charge >= 0.3 is 0 Å². The Morgan fingerprint density at radius 1 is 1.17 bits per heavy atom. The first kappa shape index (κ1) is 19.2. The lowest BCUT2D eigenvalue weighted by Crippen LogP contribution is -2.35. The molecule has 148 valence electrons. The van der Waals surface area contributed by atoms with Gasteiger partial charge in [-0.05, 0) is 34.5 Å². The molecule has 0 aliphatic carbocycles. The van der Waals surface area contributed by atoms with E-state index in [4.69, 9.17) is 4.52 Å². The van der Waals surface area contributed by atoms with E-state index in [1.54, 1.807) is 45.2 Å². The number of Topliss-reactive ketones (excluding diaryl/α,β-unsaturated/α-hetero) is 2. The van der Waals surface area contributed by atoms with Crippen molar-refractivity contribution in [2.24, 2.45) is 11.3 Å². The van der Waals surface area contributed by atoms with Crippen molar-refractivity contribution in [3.8, 4) is 11.3 Å². The van der Waals surface area contributed by atoms with Crippen molar-refractivity contribution in [1.29, 1.82) is 0 Å². The van der Waals surface area contributed by atoms with Gasteiger partial charge in [-0.15, -0.1) is 0 Å². The molecule has 29 heavy (non-hydrogen) atoms. The van der Waals surface area contributed by atoms with E-state index in [-0.39, 0.29) is 5.78 Å². The van der Waals surface area contributed by atoms with Crippen LogP contribution in [0.15, 0.2) is 52.0 Å². The molecule has 1 fully saturated rings. The van der Waals surface area contributed by atoms with E-state index in [0.717, 1.165) is 11.1 Å². The lowest BCUT2D eigenvalue weighted by Gasteiger charge is -2.28. The van der Waals surface area contributed by atoms with Crippen LogP contribution in [0.4, 0.5) is 5.82 Å². The van der Waals surface area contributed by atoms with Gasteiger partial charge in [-0.25, -0.2) is 4.98 Å². The Morgan fingerprint density at radius 2 is 1.97 bits per heavy atom. The SMILES string of the molecule is CC(C)(C)C(=O)C1C(=O)C(=O)N(c2ccc(-c3ccon3)cn2)C1c1ccsc1. The maximum atomic E-state index is 13.1. The maximum absolute atomic E-state index is 13.1. The lowest BCUT2D eigenvalue weighted by atomic mass is 9.78. The molecule has 2 atom stereocenters. The highest BCUT2D eigenvalue weighted by molar-refractivity contribution is 7.08. The third-order valence-electron chi connectivity index (χ3n) is 4.94. The first-order chi connectivity index (χ1) is 13.8. The van der Waals surface area contributed by atoms with Crippen molar-refractivity contribution >= 4 is 34.6 Å². The summed E-state index contributed by atoms with van der Waals surface area (Å²) in [7, 11) is 0. The van der Waals surface area contributed by atoms with Crippen LogP contribution in [0.5, 0.6) is 0 Å². The molecule has 0 N–H and O–H groups in total. The van der Waals surface area contributed by atoms with Crippen molar-refractivity contribution < 1.29 is 18.9 Å². The molecular weight excluding hydrogens is 390 g/mol. The summed E-state index contributed by atoms with van der Waals surface area (Å²) in [6.45, 7) is 5.27. The van der Waals surface area contributed by atoms with Gasteiger partial charge in [0.05, 0.1) is 6.04 Å². The molecule has 3 aromatic rings. The average Bonchev–Trinajstić information content (AvgIpc) is 3.43. The molecule has 3 aromatic heterocycles. The number of carbonyl (C=O) groups is 3. The van der Waals surface area contributed by atoms with Crippen molar-refractivity contribution in [2.75, 3.05) is 4.90 Å². The Kier molecular flexibility index (Phi) is 4.66. The number of amides is 1. The highest BCUT2D eigenvalue weighted by Gasteiger charge is 2.54. The van der Waals surface area contributed by atoms with Gasteiger partial charge in [-0.3, -0.25) is 19.3 Å². The van der Waals surface area contributed by atoms with Crippen molar-refractivity contribution in [3.63, 3.8) is 0 Å². The number of anilines is 1. The summed E-state index contributed by atoms with van der Waals surface area (Å²) in [6.07, 6.45) is 3.02. The van der Waals surface area contributed by atoms with Gasteiger partial charge in [0.15, 0.2) is 5.78 Å². The minimum atomic E-state index is -1.06. The number of hydrogen-bond donors (Lipinski definition) is 0. The predicted molar refractivity (Wildman–Crippen MR) is 107 cm³/mol. The molecule has 4 heterocycles. The van der Waals surface area contributed by atoms with Gasteiger partial charge in [0, 0.05) is 23.2 Å². The third kappa shape index (κ3) is 3.29. The summed E-state index contributed by atoms with van der Waals surface area (Å²) in [6, 6.07) is 6.23. The minimum absolute atomic E-state index is 0.256. The molecule has 0 radical (unpaired) electrons. The molecule has 0 aromatic carbocycles. The maximum Gasteiger partial charge on any atom is 0.297 e. The highest BCUT2D eigenvalue weighted by Crippen LogP contribution is 2.42. The van der Waals surface area contributed by atoms with E-state index in [2.05, 4.69) is 10.1 Å². The zero-order chi connectivity index (χ0) is 20.8. The Morgan fingerprint density at radius 3 is 2.52 bits per heavy atom. The minimum Gasteiger partial charge on any atom is -0.364 e. The fraction of sp³-hybridized carbons (Fsp3) is 0.286. The smallest absolute Gasteiger partial charge is 0.297 e. The van der Waals surface area contributed by atoms with E-state index >= 15 is 0 Å².